The van der Waals surface area contributed by atoms with Gasteiger partial charge in [-0.1, -0.05) is 37.3 Å². The third-order valence-corrected chi connectivity index (χ3v) is 4.55. The molecule has 2 aromatic heterocycles. The van der Waals surface area contributed by atoms with Gasteiger partial charge in [-0.05, 0) is 49.3 Å². The Balaban J connectivity index is 1.67. The smallest absolute Gasteiger partial charge is 0.281 e. The summed E-state index contributed by atoms with van der Waals surface area (Å²) in [5, 5.41) is 0.632. The minimum Gasteiger partial charge on any atom is -0.431 e. The Kier molecular flexibility index (Phi) is 5.20. The number of fused-ring (bicyclic) bond motifs is 1. The summed E-state index contributed by atoms with van der Waals surface area (Å²) in [5.41, 5.74) is 2.04. The van der Waals surface area contributed by atoms with Gasteiger partial charge >= 0.3 is 0 Å². The van der Waals surface area contributed by atoms with E-state index in [4.69, 9.17) is 4.74 Å². The van der Waals surface area contributed by atoms with Crippen LogP contribution in [0.2, 0.25) is 0 Å². The van der Waals surface area contributed by atoms with Gasteiger partial charge in [0, 0.05) is 12.7 Å². The second-order valence-electron chi connectivity index (χ2n) is 5.42. The lowest BCUT2D eigenvalue weighted by Gasteiger charge is -2.19. The van der Waals surface area contributed by atoms with Crippen LogP contribution < -0.4 is 4.74 Å². The zero-order chi connectivity index (χ0) is 16.1. The molecule has 0 saturated heterocycles. The van der Waals surface area contributed by atoms with Gasteiger partial charge in [0.2, 0.25) is 0 Å². The Morgan fingerprint density at radius 3 is 2.65 bits per heavy atom. The Hall–Kier alpha value is -1.98. The molecule has 0 radical (unpaired) electrons. The fourth-order valence-electron chi connectivity index (χ4n) is 2.48. The second-order valence-corrected chi connectivity index (χ2v) is 6.41. The van der Waals surface area contributed by atoms with Crippen molar-refractivity contribution in [1.82, 2.24) is 14.9 Å². The summed E-state index contributed by atoms with van der Waals surface area (Å²) in [6, 6.07) is 12.2. The molecule has 0 atom stereocenters. The van der Waals surface area contributed by atoms with Gasteiger partial charge in [0.05, 0.1) is 4.70 Å². The number of pyridine rings is 1. The Bertz CT molecular complexity index is 721. The van der Waals surface area contributed by atoms with Crippen LogP contribution in [0, 0.1) is 0 Å². The van der Waals surface area contributed by atoms with Crippen molar-refractivity contribution in [2.24, 2.45) is 0 Å². The van der Waals surface area contributed by atoms with E-state index in [1.807, 2.05) is 24.3 Å². The minimum absolute atomic E-state index is 0.632. The maximum atomic E-state index is 5.85. The molecule has 0 N–H and O–H groups in total. The molecule has 0 aliphatic carbocycles. The van der Waals surface area contributed by atoms with Crippen LogP contribution in [0.5, 0.6) is 10.9 Å². The first-order valence-corrected chi connectivity index (χ1v) is 8.81. The van der Waals surface area contributed by atoms with Crippen molar-refractivity contribution in [3.8, 4) is 10.9 Å². The maximum absolute atomic E-state index is 5.85. The lowest BCUT2D eigenvalue weighted by molar-refractivity contribution is 0.280. The van der Waals surface area contributed by atoms with E-state index in [-0.39, 0.29) is 0 Å². The summed E-state index contributed by atoms with van der Waals surface area (Å²) in [6.45, 7) is 7.61. The van der Waals surface area contributed by atoms with Gasteiger partial charge in [-0.3, -0.25) is 4.90 Å². The molecular weight excluding hydrogens is 306 g/mol. The van der Waals surface area contributed by atoms with Gasteiger partial charge in [-0.25, -0.2) is 4.98 Å². The quantitative estimate of drug-likeness (QED) is 0.629. The van der Waals surface area contributed by atoms with Crippen LogP contribution in [-0.4, -0.2) is 28.0 Å². The van der Waals surface area contributed by atoms with Crippen molar-refractivity contribution in [2.45, 2.75) is 26.8 Å². The third-order valence-electron chi connectivity index (χ3n) is 3.67. The molecule has 120 valence electrons. The number of ether oxygens (including phenoxy) is 1. The van der Waals surface area contributed by atoms with Crippen LogP contribution in [0.15, 0.2) is 42.6 Å². The molecule has 4 nitrogen and oxygen atoms in total. The van der Waals surface area contributed by atoms with Crippen LogP contribution >= 0.6 is 11.3 Å². The van der Waals surface area contributed by atoms with Crippen molar-refractivity contribution in [1.29, 1.82) is 0 Å². The van der Waals surface area contributed by atoms with Gasteiger partial charge in [-0.15, -0.1) is 0 Å². The molecule has 0 bridgehead atoms. The Labute approximate surface area is 140 Å². The van der Waals surface area contributed by atoms with Crippen LogP contribution in [0.3, 0.4) is 0 Å². The van der Waals surface area contributed by atoms with E-state index in [0.717, 1.165) is 35.7 Å². The standard InChI is InChI=1S/C18H21N3OS/c1-3-12-21(4-2)13-14-7-9-15(10-8-14)22-18-20-17-16(23-18)6-5-11-19-17/h5-11H,3-4,12-13H2,1-2H3. The predicted octanol–water partition coefficient (Wildman–Crippen LogP) is 4.72. The van der Waals surface area contributed by atoms with E-state index in [0.29, 0.717) is 5.19 Å². The van der Waals surface area contributed by atoms with Crippen molar-refractivity contribution < 1.29 is 4.74 Å². The van der Waals surface area contributed by atoms with E-state index >= 15 is 0 Å². The number of nitrogens with zero attached hydrogens (tertiary/aromatic N) is 3. The lowest BCUT2D eigenvalue weighted by atomic mass is 10.2. The molecule has 3 aromatic rings. The van der Waals surface area contributed by atoms with Crippen LogP contribution in [0.1, 0.15) is 25.8 Å². The second kappa shape index (κ2) is 7.53. The highest BCUT2D eigenvalue weighted by molar-refractivity contribution is 7.20. The van der Waals surface area contributed by atoms with Gasteiger partial charge in [0.15, 0.2) is 5.65 Å². The maximum Gasteiger partial charge on any atom is 0.281 e. The molecule has 0 amide bonds. The summed E-state index contributed by atoms with van der Waals surface area (Å²) in [6.07, 6.45) is 2.93. The van der Waals surface area contributed by atoms with Gasteiger partial charge in [0.25, 0.3) is 5.19 Å². The number of rotatable bonds is 7. The van der Waals surface area contributed by atoms with E-state index in [2.05, 4.69) is 40.8 Å². The molecule has 23 heavy (non-hydrogen) atoms. The molecule has 5 heteroatoms. The average molecular weight is 327 g/mol. The molecule has 0 fully saturated rings. The Morgan fingerprint density at radius 2 is 1.96 bits per heavy atom. The largest absolute Gasteiger partial charge is 0.431 e. The average Bonchev–Trinajstić information content (AvgIpc) is 2.98. The summed E-state index contributed by atoms with van der Waals surface area (Å²) < 4.78 is 6.89. The van der Waals surface area contributed by atoms with E-state index in [9.17, 15) is 0 Å². The monoisotopic (exact) mass is 327 g/mol. The number of thiazole rings is 1. The molecule has 0 saturated carbocycles. The lowest BCUT2D eigenvalue weighted by Crippen LogP contribution is -2.23. The Morgan fingerprint density at radius 1 is 1.13 bits per heavy atom. The topological polar surface area (TPSA) is 38.2 Å². The van der Waals surface area contributed by atoms with Crippen molar-refractivity contribution >= 4 is 21.7 Å². The molecule has 0 spiro atoms. The summed E-state index contributed by atoms with van der Waals surface area (Å²) >= 11 is 1.51. The van der Waals surface area contributed by atoms with Crippen LogP contribution in [0.4, 0.5) is 0 Å². The SMILES string of the molecule is CCCN(CC)Cc1ccc(Oc2nc3ncccc3s2)cc1. The van der Waals surface area contributed by atoms with Crippen molar-refractivity contribution in [2.75, 3.05) is 13.1 Å². The zero-order valence-corrected chi connectivity index (χ0v) is 14.3. The molecule has 1 aromatic carbocycles. The van der Waals surface area contributed by atoms with Crippen LogP contribution in [-0.2, 0) is 6.54 Å². The first-order chi connectivity index (χ1) is 11.3. The third kappa shape index (κ3) is 4.06. The highest BCUT2D eigenvalue weighted by Gasteiger charge is 2.07. The number of benzene rings is 1. The predicted molar refractivity (Wildman–Crippen MR) is 95.2 cm³/mol. The molecule has 0 aliphatic rings. The van der Waals surface area contributed by atoms with E-state index in [1.165, 1.54) is 23.3 Å². The fourth-order valence-corrected chi connectivity index (χ4v) is 3.27. The molecular formula is C18H21N3OS. The van der Waals surface area contributed by atoms with Crippen LogP contribution in [0.25, 0.3) is 10.3 Å². The molecule has 2 heterocycles. The van der Waals surface area contributed by atoms with Gasteiger partial charge in [-0.2, -0.15) is 4.98 Å². The summed E-state index contributed by atoms with van der Waals surface area (Å²) in [7, 11) is 0. The van der Waals surface area contributed by atoms with E-state index < -0.39 is 0 Å². The summed E-state index contributed by atoms with van der Waals surface area (Å²) in [5.74, 6) is 0.811. The van der Waals surface area contributed by atoms with Gasteiger partial charge < -0.3 is 4.74 Å². The van der Waals surface area contributed by atoms with E-state index in [1.54, 1.807) is 6.20 Å². The number of hydrogen-bond donors (Lipinski definition) is 0. The fraction of sp³-hybridized carbons (Fsp3) is 0.333. The highest BCUT2D eigenvalue weighted by Crippen LogP contribution is 2.30. The number of aromatic nitrogens is 2. The minimum atomic E-state index is 0.632. The first kappa shape index (κ1) is 15.9. The number of hydrogen-bond acceptors (Lipinski definition) is 5. The van der Waals surface area contributed by atoms with Gasteiger partial charge in [0.1, 0.15) is 5.75 Å². The molecule has 0 unspecified atom stereocenters. The van der Waals surface area contributed by atoms with Crippen molar-refractivity contribution in [3.63, 3.8) is 0 Å². The van der Waals surface area contributed by atoms with Crippen molar-refractivity contribution in [3.05, 3.63) is 48.2 Å². The zero-order valence-electron chi connectivity index (χ0n) is 13.5. The summed E-state index contributed by atoms with van der Waals surface area (Å²) in [4.78, 5) is 11.1. The highest BCUT2D eigenvalue weighted by atomic mass is 32.1. The normalized spacial score (nSPS) is 11.3. The first-order valence-electron chi connectivity index (χ1n) is 7.99. The molecule has 0 aliphatic heterocycles. The molecule has 3 rings (SSSR count).